The Bertz CT molecular complexity index is 499. The van der Waals surface area contributed by atoms with Crippen molar-refractivity contribution in [3.8, 4) is 0 Å². The summed E-state index contributed by atoms with van der Waals surface area (Å²) in [6.45, 7) is 1.68. The van der Waals surface area contributed by atoms with Gasteiger partial charge in [-0.15, -0.1) is 0 Å². The summed E-state index contributed by atoms with van der Waals surface area (Å²) in [6, 6.07) is -0.553. The summed E-state index contributed by atoms with van der Waals surface area (Å²) in [5, 5.41) is 5.57. The quantitative estimate of drug-likeness (QED) is 0.578. The van der Waals surface area contributed by atoms with E-state index in [9.17, 15) is 18.0 Å². The van der Waals surface area contributed by atoms with Gasteiger partial charge in [-0.25, -0.2) is 13.2 Å². The van der Waals surface area contributed by atoms with Gasteiger partial charge in [-0.1, -0.05) is 0 Å². The van der Waals surface area contributed by atoms with Crippen molar-refractivity contribution >= 4 is 21.8 Å². The van der Waals surface area contributed by atoms with Crippen molar-refractivity contribution in [1.82, 2.24) is 15.5 Å². The fourth-order valence-corrected chi connectivity index (χ4v) is 4.45. The summed E-state index contributed by atoms with van der Waals surface area (Å²) in [5.74, 6) is -0.178. The maximum Gasteiger partial charge on any atom is 0.315 e. The molecular formula is C12H22N4O4S. The Hall–Kier alpha value is -1.35. The second-order valence-electron chi connectivity index (χ2n) is 5.73. The minimum absolute atomic E-state index is 0.0253. The molecule has 0 aromatic heterocycles. The van der Waals surface area contributed by atoms with Crippen LogP contribution in [0.3, 0.4) is 0 Å². The molecule has 2 rings (SSSR count). The molecule has 2 heterocycles. The lowest BCUT2D eigenvalue weighted by Crippen LogP contribution is -2.51. The highest BCUT2D eigenvalue weighted by Crippen LogP contribution is 2.12. The van der Waals surface area contributed by atoms with Crippen LogP contribution in [0.2, 0.25) is 0 Å². The van der Waals surface area contributed by atoms with Crippen molar-refractivity contribution in [2.24, 2.45) is 5.73 Å². The highest BCUT2D eigenvalue weighted by molar-refractivity contribution is 7.91. The van der Waals surface area contributed by atoms with E-state index in [4.69, 9.17) is 5.73 Å². The Morgan fingerprint density at radius 3 is 2.24 bits per heavy atom. The van der Waals surface area contributed by atoms with Crippen LogP contribution < -0.4 is 16.4 Å². The zero-order valence-electron chi connectivity index (χ0n) is 11.9. The lowest BCUT2D eigenvalue weighted by Gasteiger charge is -2.31. The van der Waals surface area contributed by atoms with Gasteiger partial charge in [0.1, 0.15) is 0 Å². The number of amides is 3. The number of urea groups is 1. The van der Waals surface area contributed by atoms with Crippen LogP contribution in [-0.4, -0.2) is 68.5 Å². The van der Waals surface area contributed by atoms with Crippen LogP contribution >= 0.6 is 0 Å². The first-order valence-electron chi connectivity index (χ1n) is 7.12. The van der Waals surface area contributed by atoms with Crippen LogP contribution in [0.5, 0.6) is 0 Å². The largest absolute Gasteiger partial charge is 0.369 e. The molecule has 2 saturated heterocycles. The van der Waals surface area contributed by atoms with E-state index >= 15 is 0 Å². The Balaban J connectivity index is 1.69. The van der Waals surface area contributed by atoms with Gasteiger partial charge in [0.2, 0.25) is 5.91 Å². The van der Waals surface area contributed by atoms with Crippen LogP contribution in [0, 0.1) is 0 Å². The number of piperidine rings is 1. The number of sulfone groups is 1. The lowest BCUT2D eigenvalue weighted by atomic mass is 10.1. The summed E-state index contributed by atoms with van der Waals surface area (Å²) in [6.07, 6.45) is 1.99. The van der Waals surface area contributed by atoms with Gasteiger partial charge in [0.15, 0.2) is 9.84 Å². The smallest absolute Gasteiger partial charge is 0.315 e. The van der Waals surface area contributed by atoms with E-state index in [-0.39, 0.29) is 42.1 Å². The van der Waals surface area contributed by atoms with Crippen molar-refractivity contribution in [1.29, 1.82) is 0 Å². The first-order chi connectivity index (χ1) is 9.84. The van der Waals surface area contributed by atoms with Gasteiger partial charge < -0.3 is 16.4 Å². The molecule has 0 aromatic rings. The van der Waals surface area contributed by atoms with Gasteiger partial charge in [-0.3, -0.25) is 9.69 Å². The normalized spacial score (nSPS) is 26.4. The average molecular weight is 318 g/mol. The van der Waals surface area contributed by atoms with E-state index in [0.29, 0.717) is 19.5 Å². The Morgan fingerprint density at radius 2 is 1.71 bits per heavy atom. The molecule has 8 nitrogen and oxygen atoms in total. The number of nitrogens with zero attached hydrogens (tertiary/aromatic N) is 1. The van der Waals surface area contributed by atoms with E-state index in [1.54, 1.807) is 0 Å². The van der Waals surface area contributed by atoms with Crippen molar-refractivity contribution in [2.75, 3.05) is 31.1 Å². The molecular weight excluding hydrogens is 296 g/mol. The molecule has 0 bridgehead atoms. The number of likely N-dealkylation sites (tertiary alicyclic amines) is 1. The third kappa shape index (κ3) is 5.16. The average Bonchev–Trinajstić information content (AvgIpc) is 2.70. The molecule has 0 radical (unpaired) electrons. The highest BCUT2D eigenvalue weighted by Gasteiger charge is 2.29. The molecule has 1 atom stereocenters. The Kier molecular flexibility index (Phi) is 5.04. The number of carbonyl (C=O) groups excluding carboxylic acids is 2. The number of carbonyl (C=O) groups is 2. The molecule has 2 aliphatic rings. The Morgan fingerprint density at radius 1 is 1.10 bits per heavy atom. The summed E-state index contributed by atoms with van der Waals surface area (Å²) >= 11 is 0. The number of rotatable bonds is 4. The van der Waals surface area contributed by atoms with Crippen LogP contribution in [0.4, 0.5) is 4.79 Å². The minimum Gasteiger partial charge on any atom is -0.369 e. The molecule has 0 saturated carbocycles. The summed E-state index contributed by atoms with van der Waals surface area (Å²) in [4.78, 5) is 24.6. The highest BCUT2D eigenvalue weighted by atomic mass is 32.2. The maximum absolute atomic E-state index is 11.8. The van der Waals surface area contributed by atoms with Gasteiger partial charge >= 0.3 is 6.03 Å². The van der Waals surface area contributed by atoms with Gasteiger partial charge in [-0.2, -0.15) is 0 Å². The van der Waals surface area contributed by atoms with E-state index < -0.39 is 9.84 Å². The van der Waals surface area contributed by atoms with E-state index in [2.05, 4.69) is 10.6 Å². The van der Waals surface area contributed by atoms with Crippen molar-refractivity contribution in [3.63, 3.8) is 0 Å². The summed E-state index contributed by atoms with van der Waals surface area (Å²) < 4.78 is 22.6. The lowest BCUT2D eigenvalue weighted by molar-refractivity contribution is -0.119. The van der Waals surface area contributed by atoms with Crippen LogP contribution in [-0.2, 0) is 14.6 Å². The number of hydrogen-bond donors (Lipinski definition) is 3. The first-order valence-corrected chi connectivity index (χ1v) is 8.94. The third-order valence-electron chi connectivity index (χ3n) is 3.87. The molecule has 0 spiro atoms. The zero-order chi connectivity index (χ0) is 15.5. The fraction of sp³-hybridized carbons (Fsp3) is 0.833. The summed E-state index contributed by atoms with van der Waals surface area (Å²) in [7, 11) is -2.99. The SMILES string of the molecule is NC(=O)CN1CCC(NC(=O)N[C@H]2CCS(=O)(=O)C2)CC1. The van der Waals surface area contributed by atoms with Gasteiger partial charge in [0.05, 0.1) is 18.1 Å². The minimum atomic E-state index is -2.99. The molecule has 2 aliphatic heterocycles. The first kappa shape index (κ1) is 16.0. The summed E-state index contributed by atoms with van der Waals surface area (Å²) in [5.41, 5.74) is 5.14. The van der Waals surface area contributed by atoms with E-state index in [1.165, 1.54) is 0 Å². The van der Waals surface area contributed by atoms with Crippen molar-refractivity contribution in [2.45, 2.75) is 31.3 Å². The molecule has 3 amide bonds. The van der Waals surface area contributed by atoms with Crippen LogP contribution in [0.1, 0.15) is 19.3 Å². The van der Waals surface area contributed by atoms with Crippen LogP contribution in [0.15, 0.2) is 0 Å². The van der Waals surface area contributed by atoms with Crippen molar-refractivity contribution in [3.05, 3.63) is 0 Å². The predicted molar refractivity (Wildman–Crippen MR) is 77.4 cm³/mol. The molecule has 0 aromatic carbocycles. The van der Waals surface area contributed by atoms with Gasteiger partial charge in [0, 0.05) is 25.2 Å². The van der Waals surface area contributed by atoms with E-state index in [0.717, 1.165) is 12.8 Å². The number of nitrogens with two attached hydrogens (primary N) is 1. The van der Waals surface area contributed by atoms with Crippen LogP contribution in [0.25, 0.3) is 0 Å². The number of nitrogens with one attached hydrogen (secondary N) is 2. The fourth-order valence-electron chi connectivity index (χ4n) is 2.78. The molecule has 120 valence electrons. The third-order valence-corrected chi connectivity index (χ3v) is 5.64. The topological polar surface area (TPSA) is 122 Å². The second-order valence-corrected chi connectivity index (χ2v) is 7.96. The molecule has 21 heavy (non-hydrogen) atoms. The second kappa shape index (κ2) is 6.61. The molecule has 0 unspecified atom stereocenters. The predicted octanol–water partition coefficient (Wildman–Crippen LogP) is -1.58. The Labute approximate surface area is 124 Å². The standard InChI is InChI=1S/C12H22N4O4S/c13-11(17)7-16-4-1-9(2-5-16)14-12(18)15-10-3-6-21(19,20)8-10/h9-10H,1-8H2,(H2,13,17)(H2,14,15,18)/t10-/m0/s1. The number of primary amides is 1. The zero-order valence-corrected chi connectivity index (χ0v) is 12.7. The monoisotopic (exact) mass is 318 g/mol. The van der Waals surface area contributed by atoms with Gasteiger partial charge in [-0.05, 0) is 19.3 Å². The van der Waals surface area contributed by atoms with E-state index in [1.807, 2.05) is 4.90 Å². The molecule has 4 N–H and O–H groups in total. The number of hydrogen-bond acceptors (Lipinski definition) is 5. The molecule has 0 aliphatic carbocycles. The molecule has 9 heteroatoms. The molecule has 2 fully saturated rings. The van der Waals surface area contributed by atoms with Gasteiger partial charge in [0.25, 0.3) is 0 Å². The maximum atomic E-state index is 11.8. The van der Waals surface area contributed by atoms with Crippen molar-refractivity contribution < 1.29 is 18.0 Å².